The highest BCUT2D eigenvalue weighted by atomic mass is 19.1. The molecular weight excluding hydrogens is 293 g/mol. The number of likely N-dealkylation sites (tertiary alicyclic amines) is 1. The van der Waals surface area contributed by atoms with E-state index in [2.05, 4.69) is 16.9 Å². The van der Waals surface area contributed by atoms with Crippen molar-refractivity contribution in [1.82, 2.24) is 14.8 Å². The number of likely N-dealkylation sites (N-methyl/N-ethyl adjacent to an activating group) is 2. The summed E-state index contributed by atoms with van der Waals surface area (Å²) in [5.41, 5.74) is 1.59. The molecule has 0 aliphatic carbocycles. The highest BCUT2D eigenvalue weighted by Crippen LogP contribution is 2.21. The first-order chi connectivity index (χ1) is 11.1. The van der Waals surface area contributed by atoms with Gasteiger partial charge in [-0.1, -0.05) is 12.1 Å². The Kier molecular flexibility index (Phi) is 4.39. The van der Waals surface area contributed by atoms with Gasteiger partial charge in [-0.25, -0.2) is 4.39 Å². The molecule has 3 rings (SSSR count). The van der Waals surface area contributed by atoms with E-state index in [1.54, 1.807) is 41.4 Å². The Labute approximate surface area is 135 Å². The molecule has 1 saturated heterocycles. The fraction of sp³-hybridized carbons (Fsp3) is 0.333. The fourth-order valence-corrected chi connectivity index (χ4v) is 2.97. The summed E-state index contributed by atoms with van der Waals surface area (Å²) >= 11 is 0. The minimum Gasteiger partial charge on any atom is -0.337 e. The Hall–Kier alpha value is -2.27. The molecule has 1 aromatic carbocycles. The summed E-state index contributed by atoms with van der Waals surface area (Å²) in [6, 6.07) is 10.2. The number of nitrogens with zero attached hydrogens (tertiary/aromatic N) is 3. The third-order valence-electron chi connectivity index (χ3n) is 4.40. The summed E-state index contributed by atoms with van der Waals surface area (Å²) in [4.78, 5) is 20.7. The second-order valence-corrected chi connectivity index (χ2v) is 6.03. The second-order valence-electron chi connectivity index (χ2n) is 6.03. The summed E-state index contributed by atoms with van der Waals surface area (Å²) in [5, 5.41) is 0. The van der Waals surface area contributed by atoms with Gasteiger partial charge in [0.25, 0.3) is 5.91 Å². The fourth-order valence-electron chi connectivity index (χ4n) is 2.97. The normalized spacial score (nSPS) is 18.1. The maximum Gasteiger partial charge on any atom is 0.253 e. The van der Waals surface area contributed by atoms with Crippen LogP contribution in [-0.2, 0) is 0 Å². The molecule has 0 bridgehead atoms. The number of carbonyl (C=O) groups is 1. The first kappa shape index (κ1) is 15.6. The molecule has 1 atom stereocenters. The zero-order valence-electron chi connectivity index (χ0n) is 13.4. The maximum absolute atomic E-state index is 13.8. The smallest absolute Gasteiger partial charge is 0.253 e. The van der Waals surface area contributed by atoms with E-state index in [0.717, 1.165) is 19.5 Å². The molecule has 0 radical (unpaired) electrons. The molecule has 1 fully saturated rings. The van der Waals surface area contributed by atoms with E-state index in [0.29, 0.717) is 16.8 Å². The van der Waals surface area contributed by atoms with Gasteiger partial charge in [0.05, 0.1) is 0 Å². The van der Waals surface area contributed by atoms with Gasteiger partial charge in [0, 0.05) is 37.0 Å². The SMILES string of the molecule is CN1CCC(N(C)C(=O)c2ccc(-c3ncccc3F)cc2)C1. The summed E-state index contributed by atoms with van der Waals surface area (Å²) in [7, 11) is 3.91. The number of amides is 1. The molecule has 4 nitrogen and oxygen atoms in total. The molecule has 1 amide bonds. The van der Waals surface area contributed by atoms with Gasteiger partial charge in [0.2, 0.25) is 0 Å². The lowest BCUT2D eigenvalue weighted by atomic mass is 10.1. The van der Waals surface area contributed by atoms with E-state index < -0.39 is 0 Å². The molecule has 0 N–H and O–H groups in total. The summed E-state index contributed by atoms with van der Waals surface area (Å²) < 4.78 is 13.8. The molecule has 1 unspecified atom stereocenters. The van der Waals surface area contributed by atoms with Crippen molar-refractivity contribution in [2.75, 3.05) is 27.2 Å². The maximum atomic E-state index is 13.8. The molecule has 1 aromatic heterocycles. The van der Waals surface area contributed by atoms with Crippen molar-refractivity contribution < 1.29 is 9.18 Å². The Bertz CT molecular complexity index is 702. The van der Waals surface area contributed by atoms with E-state index in [-0.39, 0.29) is 17.8 Å². The zero-order valence-corrected chi connectivity index (χ0v) is 13.4. The zero-order chi connectivity index (χ0) is 16.4. The second kappa shape index (κ2) is 6.46. The molecule has 1 aliphatic rings. The Morgan fingerprint density at radius 2 is 2.04 bits per heavy atom. The van der Waals surface area contributed by atoms with Crippen LogP contribution in [0.4, 0.5) is 4.39 Å². The molecule has 23 heavy (non-hydrogen) atoms. The van der Waals surface area contributed by atoms with Crippen LogP contribution in [0.25, 0.3) is 11.3 Å². The van der Waals surface area contributed by atoms with Crippen molar-refractivity contribution in [2.45, 2.75) is 12.5 Å². The molecule has 0 saturated carbocycles. The van der Waals surface area contributed by atoms with Crippen LogP contribution in [0.15, 0.2) is 42.6 Å². The summed E-state index contributed by atoms with van der Waals surface area (Å²) in [6.45, 7) is 1.92. The van der Waals surface area contributed by atoms with Gasteiger partial charge in [0.15, 0.2) is 0 Å². The third-order valence-corrected chi connectivity index (χ3v) is 4.40. The largest absolute Gasteiger partial charge is 0.337 e. The number of hydrogen-bond donors (Lipinski definition) is 0. The minimum atomic E-state index is -0.363. The van der Waals surface area contributed by atoms with Crippen LogP contribution in [0.3, 0.4) is 0 Å². The first-order valence-corrected chi connectivity index (χ1v) is 7.73. The Balaban J connectivity index is 1.77. The van der Waals surface area contributed by atoms with Crippen LogP contribution in [-0.4, -0.2) is 53.9 Å². The highest BCUT2D eigenvalue weighted by Gasteiger charge is 2.26. The topological polar surface area (TPSA) is 36.4 Å². The standard InChI is InChI=1S/C18H20FN3O/c1-21-11-9-15(12-21)22(2)18(23)14-7-5-13(6-8-14)17-16(19)4-3-10-20-17/h3-8,10,15H,9,11-12H2,1-2H3. The summed E-state index contributed by atoms with van der Waals surface area (Å²) in [5.74, 6) is -0.365. The number of pyridine rings is 1. The molecule has 1 aliphatic heterocycles. The van der Waals surface area contributed by atoms with Crippen molar-refractivity contribution in [2.24, 2.45) is 0 Å². The van der Waals surface area contributed by atoms with E-state index in [1.807, 2.05) is 7.05 Å². The van der Waals surface area contributed by atoms with Gasteiger partial charge in [0.1, 0.15) is 11.5 Å². The van der Waals surface area contributed by atoms with Gasteiger partial charge < -0.3 is 9.80 Å². The van der Waals surface area contributed by atoms with Gasteiger partial charge in [-0.2, -0.15) is 0 Å². The number of halogens is 1. The number of carbonyl (C=O) groups excluding carboxylic acids is 1. The molecule has 2 heterocycles. The lowest BCUT2D eigenvalue weighted by Crippen LogP contribution is -2.38. The van der Waals surface area contributed by atoms with E-state index in [9.17, 15) is 9.18 Å². The molecular formula is C18H20FN3O. The predicted molar refractivity (Wildman–Crippen MR) is 87.6 cm³/mol. The van der Waals surface area contributed by atoms with Gasteiger partial charge in [-0.05, 0) is 44.3 Å². The van der Waals surface area contributed by atoms with E-state index >= 15 is 0 Å². The van der Waals surface area contributed by atoms with Crippen LogP contribution in [0.5, 0.6) is 0 Å². The predicted octanol–water partition coefficient (Wildman–Crippen LogP) is 2.66. The average Bonchev–Trinajstić information content (AvgIpc) is 3.01. The average molecular weight is 313 g/mol. The van der Waals surface area contributed by atoms with E-state index in [1.165, 1.54) is 6.07 Å². The minimum absolute atomic E-state index is 0.00153. The van der Waals surface area contributed by atoms with Crippen LogP contribution in [0.1, 0.15) is 16.8 Å². The number of rotatable bonds is 3. The van der Waals surface area contributed by atoms with Crippen molar-refractivity contribution in [3.8, 4) is 11.3 Å². The first-order valence-electron chi connectivity index (χ1n) is 7.73. The third kappa shape index (κ3) is 3.24. The quantitative estimate of drug-likeness (QED) is 0.874. The molecule has 120 valence electrons. The van der Waals surface area contributed by atoms with Crippen molar-refractivity contribution in [3.05, 3.63) is 54.0 Å². The van der Waals surface area contributed by atoms with Crippen LogP contribution in [0.2, 0.25) is 0 Å². The lowest BCUT2D eigenvalue weighted by Gasteiger charge is -2.24. The van der Waals surface area contributed by atoms with Crippen LogP contribution >= 0.6 is 0 Å². The highest BCUT2D eigenvalue weighted by molar-refractivity contribution is 5.94. The van der Waals surface area contributed by atoms with Crippen molar-refractivity contribution in [1.29, 1.82) is 0 Å². The summed E-state index contributed by atoms with van der Waals surface area (Å²) in [6.07, 6.45) is 2.55. The molecule has 0 spiro atoms. The molecule has 5 heteroatoms. The number of hydrogen-bond acceptors (Lipinski definition) is 3. The Morgan fingerprint density at radius 1 is 1.30 bits per heavy atom. The number of benzene rings is 1. The lowest BCUT2D eigenvalue weighted by molar-refractivity contribution is 0.0737. The molecule has 2 aromatic rings. The monoisotopic (exact) mass is 313 g/mol. The van der Waals surface area contributed by atoms with Crippen LogP contribution < -0.4 is 0 Å². The Morgan fingerprint density at radius 3 is 2.65 bits per heavy atom. The van der Waals surface area contributed by atoms with Gasteiger partial charge in [-0.3, -0.25) is 9.78 Å². The van der Waals surface area contributed by atoms with Gasteiger partial charge >= 0.3 is 0 Å². The van der Waals surface area contributed by atoms with Crippen LogP contribution in [0, 0.1) is 5.82 Å². The van der Waals surface area contributed by atoms with Gasteiger partial charge in [-0.15, -0.1) is 0 Å². The van der Waals surface area contributed by atoms with E-state index in [4.69, 9.17) is 0 Å². The van der Waals surface area contributed by atoms with Crippen molar-refractivity contribution >= 4 is 5.91 Å². The number of aromatic nitrogens is 1. The van der Waals surface area contributed by atoms with Crippen molar-refractivity contribution in [3.63, 3.8) is 0 Å².